The van der Waals surface area contributed by atoms with Crippen molar-refractivity contribution < 1.29 is 8.83 Å². The molecule has 0 atom stereocenters. The Hall–Kier alpha value is -15.5. The van der Waals surface area contributed by atoms with E-state index in [0.717, 1.165) is 113 Å². The number of nitrogens with zero attached hydrogens (tertiary/aromatic N) is 4. The summed E-state index contributed by atoms with van der Waals surface area (Å²) in [6.45, 7) is 0. The Morgan fingerprint density at radius 1 is 0.179 bits per heavy atom. The summed E-state index contributed by atoms with van der Waals surface area (Å²) in [7, 11) is 0. The molecule has 2 aliphatic rings. The molecule has 6 heteroatoms. The van der Waals surface area contributed by atoms with Crippen molar-refractivity contribution in [1.29, 1.82) is 0 Å². The maximum absolute atomic E-state index is 6.26. The van der Waals surface area contributed by atoms with Crippen molar-refractivity contribution >= 4 is 73.0 Å². The molecular formula is C111H76N4O2. The molecule has 0 saturated heterocycles. The summed E-state index contributed by atoms with van der Waals surface area (Å²) in [5.74, 6) is 3.40. The molecule has 17 aromatic carbocycles. The molecule has 2 aliphatic carbocycles. The molecule has 0 saturated carbocycles. The number of para-hydroxylation sites is 4. The Labute approximate surface area is 680 Å². The van der Waals surface area contributed by atoms with Gasteiger partial charge in [-0.2, -0.15) is 0 Å². The van der Waals surface area contributed by atoms with Crippen LogP contribution in [-0.4, -0.2) is 4.57 Å². The smallest absolute Gasteiger partial charge is 0.134 e. The van der Waals surface area contributed by atoms with E-state index < -0.39 is 5.41 Å². The van der Waals surface area contributed by atoms with E-state index in [1.165, 1.54) is 77.4 Å². The zero-order chi connectivity index (χ0) is 77.6. The molecule has 20 aromatic rings. The number of rotatable bonds is 16. The molecule has 0 aliphatic heterocycles. The van der Waals surface area contributed by atoms with Gasteiger partial charge in [-0.25, -0.2) is 0 Å². The minimum atomic E-state index is -0.429. The Balaban J connectivity index is 0.000000146. The Kier molecular flexibility index (Phi) is 17.7. The Bertz CT molecular complexity index is 6670. The van der Waals surface area contributed by atoms with Crippen LogP contribution in [0.5, 0.6) is 0 Å². The van der Waals surface area contributed by atoms with Crippen molar-refractivity contribution in [2.24, 2.45) is 0 Å². The quantitative estimate of drug-likeness (QED) is 0.0964. The van der Waals surface area contributed by atoms with Gasteiger partial charge in [0.1, 0.15) is 23.0 Å². The summed E-state index contributed by atoms with van der Waals surface area (Å²) in [5, 5.41) is 2.48. The van der Waals surface area contributed by atoms with Crippen LogP contribution < -0.4 is 14.7 Å². The van der Waals surface area contributed by atoms with E-state index in [4.69, 9.17) is 8.83 Å². The third kappa shape index (κ3) is 12.6. The summed E-state index contributed by atoms with van der Waals surface area (Å²) in [5.41, 5.74) is 32.3. The predicted octanol–water partition coefficient (Wildman–Crippen LogP) is 30.4. The zero-order valence-corrected chi connectivity index (χ0v) is 64.0. The number of furan rings is 2. The third-order valence-electron chi connectivity index (χ3n) is 23.2. The molecule has 3 heterocycles. The SMILES string of the molecule is c1ccc(-c2ccc(-c3ccc(N(c4ccccc4)c4ccc(-c5ccc(N(c6ccccc6)c6ccc(-c7ccc(-c8ccccc8)o7)cc6)cc5)cc4)cc3)o2)cc1.c1ccc(-c2ccc(N(c3ccc4c(c3)C3(c5ccccc5-c5ccccc53)c3ccccc3-4)c3ccc4c5ccccc5n(-c5ccccc5)c4c3)cc2)cc1. The number of aromatic nitrogens is 1. The van der Waals surface area contributed by atoms with Gasteiger partial charge in [0.05, 0.1) is 16.4 Å². The van der Waals surface area contributed by atoms with Crippen LogP contribution in [0.3, 0.4) is 0 Å². The molecule has 6 nitrogen and oxygen atoms in total. The first-order valence-electron chi connectivity index (χ1n) is 39.9. The number of anilines is 9. The van der Waals surface area contributed by atoms with Gasteiger partial charge in [-0.05, 0) is 243 Å². The number of hydrogen-bond donors (Lipinski definition) is 0. The molecule has 0 bridgehead atoms. The van der Waals surface area contributed by atoms with Crippen molar-refractivity contribution in [3.63, 3.8) is 0 Å². The van der Waals surface area contributed by atoms with Crippen LogP contribution >= 0.6 is 0 Å². The van der Waals surface area contributed by atoms with Crippen LogP contribution in [0, 0.1) is 0 Å². The lowest BCUT2D eigenvalue weighted by Crippen LogP contribution is -2.26. The van der Waals surface area contributed by atoms with Crippen molar-refractivity contribution in [3.05, 3.63) is 483 Å². The van der Waals surface area contributed by atoms with Gasteiger partial charge in [-0.1, -0.05) is 285 Å². The minimum absolute atomic E-state index is 0.429. The summed E-state index contributed by atoms with van der Waals surface area (Å²) in [4.78, 5) is 7.02. The van der Waals surface area contributed by atoms with Gasteiger partial charge in [0.15, 0.2) is 0 Å². The van der Waals surface area contributed by atoms with Crippen LogP contribution in [0.15, 0.2) is 470 Å². The fourth-order valence-electron chi connectivity index (χ4n) is 17.8. The largest absolute Gasteiger partial charge is 0.456 e. The van der Waals surface area contributed by atoms with Crippen LogP contribution in [0.2, 0.25) is 0 Å². The van der Waals surface area contributed by atoms with E-state index in [2.05, 4.69) is 420 Å². The second-order valence-electron chi connectivity index (χ2n) is 29.8. The van der Waals surface area contributed by atoms with Crippen molar-refractivity contribution in [3.8, 4) is 95.5 Å². The Morgan fingerprint density at radius 2 is 0.453 bits per heavy atom. The van der Waals surface area contributed by atoms with Crippen LogP contribution in [0.4, 0.5) is 51.2 Å². The molecule has 0 amide bonds. The lowest BCUT2D eigenvalue weighted by molar-refractivity contribution is 0.597. The maximum Gasteiger partial charge on any atom is 0.134 e. The minimum Gasteiger partial charge on any atom is -0.456 e. The zero-order valence-electron chi connectivity index (χ0n) is 64.0. The maximum atomic E-state index is 6.26. The monoisotopic (exact) mass is 1500 g/mol. The first kappa shape index (κ1) is 69.4. The first-order chi connectivity index (χ1) is 58.0. The van der Waals surface area contributed by atoms with E-state index in [0.29, 0.717) is 0 Å². The van der Waals surface area contributed by atoms with Crippen molar-refractivity contribution in [2.75, 3.05) is 14.7 Å². The van der Waals surface area contributed by atoms with Crippen molar-refractivity contribution in [2.45, 2.75) is 5.41 Å². The van der Waals surface area contributed by atoms with Gasteiger partial charge < -0.3 is 28.1 Å². The van der Waals surface area contributed by atoms with E-state index in [-0.39, 0.29) is 0 Å². The number of hydrogen-bond acceptors (Lipinski definition) is 5. The predicted molar refractivity (Wildman–Crippen MR) is 485 cm³/mol. The topological polar surface area (TPSA) is 40.9 Å². The molecule has 552 valence electrons. The highest BCUT2D eigenvalue weighted by Gasteiger charge is 2.51. The summed E-state index contributed by atoms with van der Waals surface area (Å²) >= 11 is 0. The average molecular weight is 1500 g/mol. The van der Waals surface area contributed by atoms with E-state index in [1.807, 2.05) is 60.7 Å². The fraction of sp³-hybridized carbons (Fsp3) is 0.00901. The highest BCUT2D eigenvalue weighted by molar-refractivity contribution is 6.11. The van der Waals surface area contributed by atoms with Crippen molar-refractivity contribution in [1.82, 2.24) is 4.57 Å². The first-order valence-corrected chi connectivity index (χ1v) is 39.9. The highest BCUT2D eigenvalue weighted by atomic mass is 16.3. The second-order valence-corrected chi connectivity index (χ2v) is 29.8. The van der Waals surface area contributed by atoms with Crippen LogP contribution in [0.25, 0.3) is 117 Å². The molecule has 0 radical (unpaired) electrons. The summed E-state index contributed by atoms with van der Waals surface area (Å²) in [6.07, 6.45) is 0. The van der Waals surface area contributed by atoms with Gasteiger partial charge in [-0.3, -0.25) is 0 Å². The van der Waals surface area contributed by atoms with E-state index in [1.54, 1.807) is 0 Å². The molecule has 0 fully saturated rings. The average Bonchev–Trinajstić information content (AvgIpc) is 1.51. The number of fused-ring (bicyclic) bond motifs is 13. The van der Waals surface area contributed by atoms with Gasteiger partial charge in [0.25, 0.3) is 0 Å². The van der Waals surface area contributed by atoms with Gasteiger partial charge in [0, 0.05) is 89.9 Å². The molecule has 22 rings (SSSR count). The van der Waals surface area contributed by atoms with Gasteiger partial charge in [0.2, 0.25) is 0 Å². The molecule has 0 N–H and O–H groups in total. The summed E-state index contributed by atoms with van der Waals surface area (Å²) < 4.78 is 14.9. The highest BCUT2D eigenvalue weighted by Crippen LogP contribution is 2.63. The second kappa shape index (κ2) is 29.9. The Morgan fingerprint density at radius 3 is 0.872 bits per heavy atom. The molecular weight excluding hydrogens is 1420 g/mol. The van der Waals surface area contributed by atoms with Gasteiger partial charge in [-0.15, -0.1) is 0 Å². The number of benzene rings is 17. The molecule has 1 spiro atoms. The normalized spacial score (nSPS) is 12.0. The molecule has 3 aromatic heterocycles. The lowest BCUT2D eigenvalue weighted by atomic mass is 9.70. The lowest BCUT2D eigenvalue weighted by Gasteiger charge is -2.32. The van der Waals surface area contributed by atoms with E-state index in [9.17, 15) is 0 Å². The standard InChI is InChI=1S/C56H40N2O2.C55H36N2/c1-5-13-43(14-6-1)53-37-39-55(59-53)45-25-33-51(34-26-45)57(47-17-9-3-10-18-47)49-29-21-41(22-30-49)42-23-31-50(32-24-42)58(48-19-11-4-12-20-48)52-35-27-46(28-36-52)56-40-38-54(60-56)44-15-7-2-8-16-44;1-3-15-37(16-4-1)38-27-29-40(30-28-38)56(42-32-34-48-47-22-10-14-26-53(47)57(54(48)36-42)39-17-5-2-6-18-39)41-31-33-46-45-21-9-13-25-51(45)55(52(46)35-41)49-23-11-7-19-43(49)44-20-8-12-24-50(44)55/h1-40H;1-36H. The van der Waals surface area contributed by atoms with Crippen LogP contribution in [-0.2, 0) is 5.41 Å². The third-order valence-corrected chi connectivity index (χ3v) is 23.2. The van der Waals surface area contributed by atoms with Crippen LogP contribution in [0.1, 0.15) is 22.3 Å². The van der Waals surface area contributed by atoms with Gasteiger partial charge >= 0.3 is 0 Å². The molecule has 0 unspecified atom stereocenters. The molecule has 117 heavy (non-hydrogen) atoms. The fourth-order valence-corrected chi connectivity index (χ4v) is 17.8. The summed E-state index contributed by atoms with van der Waals surface area (Å²) in [6, 6.07) is 165. The van der Waals surface area contributed by atoms with E-state index >= 15 is 0 Å².